The molecule has 266 valence electrons. The Hall–Kier alpha value is -7.69. The van der Waals surface area contributed by atoms with E-state index in [0.717, 1.165) is 83.5 Å². The van der Waals surface area contributed by atoms with Crippen molar-refractivity contribution >= 4 is 43.5 Å². The van der Waals surface area contributed by atoms with Gasteiger partial charge in [0.1, 0.15) is 0 Å². The van der Waals surface area contributed by atoms with E-state index in [1.807, 2.05) is 36.4 Å². The van der Waals surface area contributed by atoms with Gasteiger partial charge in [0, 0.05) is 49.5 Å². The van der Waals surface area contributed by atoms with E-state index in [9.17, 15) is 0 Å². The summed E-state index contributed by atoms with van der Waals surface area (Å²) < 4.78 is 2.39. The fraction of sp³-hybridized carbons (Fsp3) is 0. The van der Waals surface area contributed by atoms with Crippen LogP contribution in [0.2, 0.25) is 0 Å². The zero-order valence-corrected chi connectivity index (χ0v) is 30.9. The van der Waals surface area contributed by atoms with E-state index < -0.39 is 0 Å². The van der Waals surface area contributed by atoms with Crippen LogP contribution in [0.5, 0.6) is 0 Å². The lowest BCUT2D eigenvalue weighted by molar-refractivity contribution is 1.18. The van der Waals surface area contributed by atoms with Gasteiger partial charge in [-0.2, -0.15) is 0 Å². The number of para-hydroxylation sites is 1. The van der Waals surface area contributed by atoms with Crippen molar-refractivity contribution in [2.24, 2.45) is 0 Å². The Kier molecular flexibility index (Phi) is 7.78. The molecule has 0 amide bonds. The number of aromatic nitrogens is 4. The molecule has 0 saturated carbocycles. The highest BCUT2D eigenvalue weighted by Gasteiger charge is 2.18. The Bertz CT molecular complexity index is 3190. The molecule has 0 aliphatic carbocycles. The first-order valence-electron chi connectivity index (χ1n) is 19.3. The Labute approximate surface area is 330 Å². The first kappa shape index (κ1) is 32.7. The first-order chi connectivity index (χ1) is 28.2. The third-order valence-corrected chi connectivity index (χ3v) is 11.0. The predicted molar refractivity (Wildman–Crippen MR) is 236 cm³/mol. The predicted octanol–water partition coefficient (Wildman–Crippen LogP) is 13.6. The second-order valence-corrected chi connectivity index (χ2v) is 14.4. The van der Waals surface area contributed by atoms with Gasteiger partial charge in [0.15, 0.2) is 5.82 Å². The topological polar surface area (TPSA) is 43.6 Å². The fourth-order valence-electron chi connectivity index (χ4n) is 8.22. The van der Waals surface area contributed by atoms with E-state index in [4.69, 9.17) is 15.0 Å². The maximum absolute atomic E-state index is 5.36. The summed E-state index contributed by atoms with van der Waals surface area (Å²) in [4.78, 5) is 15.4. The van der Waals surface area contributed by atoms with Gasteiger partial charge in [-0.25, -0.2) is 15.0 Å². The van der Waals surface area contributed by atoms with Crippen molar-refractivity contribution in [2.45, 2.75) is 0 Å². The Balaban J connectivity index is 1.07. The maximum atomic E-state index is 5.36. The quantitative estimate of drug-likeness (QED) is 0.160. The molecule has 0 radical (unpaired) electrons. The maximum Gasteiger partial charge on any atom is 0.160 e. The second kappa shape index (κ2) is 13.6. The molecule has 3 aromatic heterocycles. The van der Waals surface area contributed by atoms with Crippen LogP contribution < -0.4 is 0 Å². The van der Waals surface area contributed by atoms with Crippen LogP contribution in [0.15, 0.2) is 206 Å². The molecule has 11 rings (SSSR count). The molecule has 8 aromatic carbocycles. The molecule has 0 aliphatic heterocycles. The normalized spacial score (nSPS) is 11.5. The minimum absolute atomic E-state index is 0.710. The van der Waals surface area contributed by atoms with E-state index in [-0.39, 0.29) is 0 Å². The van der Waals surface area contributed by atoms with Gasteiger partial charge in [0.05, 0.1) is 33.6 Å². The van der Waals surface area contributed by atoms with E-state index >= 15 is 0 Å². The summed E-state index contributed by atoms with van der Waals surface area (Å²) in [6.07, 6.45) is 0. The molecule has 4 heteroatoms. The van der Waals surface area contributed by atoms with Gasteiger partial charge in [-0.05, 0) is 59.0 Å². The SMILES string of the molecule is c1ccc(-c2cc(-c3ccc(-c4ccc5c(c4)c4cc6nc(-c7ccccc7)c7ccccc7c6cc4n5-c4ccccc4)cc3)nc(-c3ccccc3)n2)cc1. The number of fused-ring (bicyclic) bond motifs is 6. The molecular weight excluding hydrogens is 693 g/mol. The lowest BCUT2D eigenvalue weighted by Gasteiger charge is -2.12. The first-order valence-corrected chi connectivity index (χ1v) is 19.3. The molecule has 11 aromatic rings. The highest BCUT2D eigenvalue weighted by molar-refractivity contribution is 6.19. The molecule has 0 spiro atoms. The van der Waals surface area contributed by atoms with Crippen molar-refractivity contribution in [3.05, 3.63) is 206 Å². The Morgan fingerprint density at radius 1 is 0.298 bits per heavy atom. The lowest BCUT2D eigenvalue weighted by atomic mass is 9.98. The van der Waals surface area contributed by atoms with Crippen molar-refractivity contribution in [1.82, 2.24) is 19.5 Å². The van der Waals surface area contributed by atoms with E-state index in [2.05, 4.69) is 174 Å². The van der Waals surface area contributed by atoms with Gasteiger partial charge >= 0.3 is 0 Å². The Morgan fingerprint density at radius 3 is 1.51 bits per heavy atom. The summed E-state index contributed by atoms with van der Waals surface area (Å²) in [5, 5.41) is 5.85. The number of hydrogen-bond acceptors (Lipinski definition) is 3. The average Bonchev–Trinajstić information content (AvgIpc) is 3.61. The molecule has 4 nitrogen and oxygen atoms in total. The summed E-state index contributed by atoms with van der Waals surface area (Å²) >= 11 is 0. The molecule has 0 N–H and O–H groups in total. The van der Waals surface area contributed by atoms with Crippen LogP contribution in [-0.2, 0) is 0 Å². The zero-order chi connectivity index (χ0) is 37.7. The fourth-order valence-corrected chi connectivity index (χ4v) is 8.22. The second-order valence-electron chi connectivity index (χ2n) is 14.4. The van der Waals surface area contributed by atoms with Gasteiger partial charge in [-0.1, -0.05) is 164 Å². The summed E-state index contributed by atoms with van der Waals surface area (Å²) in [6, 6.07) is 72.6. The molecule has 3 heterocycles. The molecule has 57 heavy (non-hydrogen) atoms. The molecule has 0 atom stereocenters. The smallest absolute Gasteiger partial charge is 0.160 e. The van der Waals surface area contributed by atoms with E-state index in [1.165, 1.54) is 16.2 Å². The molecular formula is C53H34N4. The van der Waals surface area contributed by atoms with Crippen LogP contribution in [0.25, 0.3) is 105 Å². The largest absolute Gasteiger partial charge is 0.309 e. The van der Waals surface area contributed by atoms with Crippen LogP contribution >= 0.6 is 0 Å². The zero-order valence-electron chi connectivity index (χ0n) is 30.9. The average molecular weight is 727 g/mol. The lowest BCUT2D eigenvalue weighted by Crippen LogP contribution is -1.95. The van der Waals surface area contributed by atoms with E-state index in [1.54, 1.807) is 0 Å². The number of benzene rings is 8. The molecule has 0 unspecified atom stereocenters. The Morgan fingerprint density at radius 2 is 0.825 bits per heavy atom. The standard InChI is InChI=1S/C53H34N4/c1-5-15-36(16-6-1)47-34-48(56-53(55-47)39-19-9-3-10-20-39)37-27-25-35(26-28-37)40-29-30-50-45(31-40)46-32-49-44(33-51(46)57(50)41-21-11-4-12-22-41)42-23-13-14-24-43(42)52(54-49)38-17-7-2-8-18-38/h1-34H. The van der Waals surface area contributed by atoms with Crippen molar-refractivity contribution in [2.75, 3.05) is 0 Å². The van der Waals surface area contributed by atoms with Crippen LogP contribution in [0.4, 0.5) is 0 Å². The summed E-state index contributed by atoms with van der Waals surface area (Å²) in [6.45, 7) is 0. The van der Waals surface area contributed by atoms with Gasteiger partial charge in [0.25, 0.3) is 0 Å². The third kappa shape index (κ3) is 5.74. The highest BCUT2D eigenvalue weighted by Crippen LogP contribution is 2.40. The van der Waals surface area contributed by atoms with E-state index in [0.29, 0.717) is 5.82 Å². The van der Waals surface area contributed by atoms with Crippen molar-refractivity contribution in [3.63, 3.8) is 0 Å². The summed E-state index contributed by atoms with van der Waals surface area (Å²) in [5.41, 5.74) is 13.7. The summed E-state index contributed by atoms with van der Waals surface area (Å²) in [5.74, 6) is 0.710. The number of hydrogen-bond donors (Lipinski definition) is 0. The van der Waals surface area contributed by atoms with Crippen LogP contribution in [0, 0.1) is 0 Å². The van der Waals surface area contributed by atoms with Crippen molar-refractivity contribution < 1.29 is 0 Å². The number of nitrogens with zero attached hydrogens (tertiary/aromatic N) is 4. The molecule has 0 aliphatic rings. The minimum atomic E-state index is 0.710. The van der Waals surface area contributed by atoms with Crippen LogP contribution in [0.3, 0.4) is 0 Å². The molecule has 0 bridgehead atoms. The van der Waals surface area contributed by atoms with Gasteiger partial charge in [0.2, 0.25) is 0 Å². The molecule has 0 fully saturated rings. The minimum Gasteiger partial charge on any atom is -0.309 e. The summed E-state index contributed by atoms with van der Waals surface area (Å²) in [7, 11) is 0. The monoisotopic (exact) mass is 726 g/mol. The van der Waals surface area contributed by atoms with Gasteiger partial charge < -0.3 is 4.57 Å². The van der Waals surface area contributed by atoms with Gasteiger partial charge in [-0.3, -0.25) is 0 Å². The van der Waals surface area contributed by atoms with Gasteiger partial charge in [-0.15, -0.1) is 0 Å². The molecule has 0 saturated heterocycles. The number of rotatable bonds is 6. The van der Waals surface area contributed by atoms with Crippen molar-refractivity contribution in [3.8, 4) is 62.0 Å². The highest BCUT2D eigenvalue weighted by atomic mass is 15.0. The van der Waals surface area contributed by atoms with Crippen molar-refractivity contribution in [1.29, 1.82) is 0 Å². The third-order valence-electron chi connectivity index (χ3n) is 11.0. The number of pyridine rings is 1. The van der Waals surface area contributed by atoms with Crippen LogP contribution in [-0.4, -0.2) is 19.5 Å². The van der Waals surface area contributed by atoms with Crippen LogP contribution in [0.1, 0.15) is 0 Å².